The van der Waals surface area contributed by atoms with Gasteiger partial charge in [-0.15, -0.1) is 0 Å². The van der Waals surface area contributed by atoms with Gasteiger partial charge in [-0.1, -0.05) is 0 Å². The number of benzene rings is 1. The molecule has 0 spiro atoms. The number of hydrogen-bond acceptors (Lipinski definition) is 3. The van der Waals surface area contributed by atoms with Gasteiger partial charge in [-0.25, -0.2) is 9.18 Å². The Labute approximate surface area is 107 Å². The summed E-state index contributed by atoms with van der Waals surface area (Å²) in [6.45, 7) is 1.64. The molecule has 2 rings (SSSR count). The number of rotatable bonds is 3. The van der Waals surface area contributed by atoms with E-state index >= 15 is 0 Å². The summed E-state index contributed by atoms with van der Waals surface area (Å²) in [7, 11) is 1.49. The summed E-state index contributed by atoms with van der Waals surface area (Å²) < 4.78 is 19.3. The third-order valence-electron chi connectivity index (χ3n) is 3.08. The molecule has 0 amide bonds. The standard InChI is InChI=1S/C12H11BrFNO2/c1-7-10(14)9(13)5-8(11(7)17-2)12(3-4-12)15-6-16/h5H,3-4H2,1-2H3. The van der Waals surface area contributed by atoms with Gasteiger partial charge in [-0.3, -0.25) is 0 Å². The zero-order valence-corrected chi connectivity index (χ0v) is 11.1. The van der Waals surface area contributed by atoms with Crippen LogP contribution in [0.15, 0.2) is 15.5 Å². The van der Waals surface area contributed by atoms with Crippen LogP contribution in [-0.2, 0) is 10.3 Å². The summed E-state index contributed by atoms with van der Waals surface area (Å²) in [5, 5.41) is 0. The molecule has 1 fully saturated rings. The highest BCUT2D eigenvalue weighted by Crippen LogP contribution is 2.53. The van der Waals surface area contributed by atoms with Crippen LogP contribution in [0.25, 0.3) is 0 Å². The van der Waals surface area contributed by atoms with Gasteiger partial charge in [-0.05, 0) is 41.8 Å². The number of isocyanates is 1. The topological polar surface area (TPSA) is 38.7 Å². The number of carbonyl (C=O) groups excluding carboxylic acids is 1. The second-order valence-electron chi connectivity index (χ2n) is 4.11. The normalized spacial score (nSPS) is 16.2. The van der Waals surface area contributed by atoms with Crippen LogP contribution in [-0.4, -0.2) is 13.2 Å². The van der Waals surface area contributed by atoms with Crippen LogP contribution >= 0.6 is 15.9 Å². The molecule has 0 unspecified atom stereocenters. The zero-order valence-electron chi connectivity index (χ0n) is 9.51. The minimum atomic E-state index is -0.561. The van der Waals surface area contributed by atoms with Crippen LogP contribution in [0.3, 0.4) is 0 Å². The summed E-state index contributed by atoms with van der Waals surface area (Å²) in [5.74, 6) is 0.110. The SMILES string of the molecule is COc1c(C2(N=C=O)CC2)cc(Br)c(F)c1C. The number of ether oxygens (including phenoxy) is 1. The van der Waals surface area contributed by atoms with E-state index in [2.05, 4.69) is 20.9 Å². The largest absolute Gasteiger partial charge is 0.496 e. The Kier molecular flexibility index (Phi) is 3.06. The van der Waals surface area contributed by atoms with Gasteiger partial charge < -0.3 is 4.74 Å². The number of nitrogens with zero attached hydrogens (tertiary/aromatic N) is 1. The lowest BCUT2D eigenvalue weighted by atomic mass is 10.0. The maximum atomic E-state index is 13.7. The lowest BCUT2D eigenvalue weighted by Gasteiger charge is -2.17. The number of hydrogen-bond donors (Lipinski definition) is 0. The Morgan fingerprint density at radius 3 is 2.71 bits per heavy atom. The molecule has 0 N–H and O–H groups in total. The van der Waals surface area contributed by atoms with Crippen LogP contribution in [0.4, 0.5) is 4.39 Å². The Balaban J connectivity index is 2.66. The van der Waals surface area contributed by atoms with E-state index in [9.17, 15) is 9.18 Å². The van der Waals surface area contributed by atoms with E-state index in [0.29, 0.717) is 15.8 Å². The minimum absolute atomic E-state index is 0.350. The first kappa shape index (κ1) is 12.3. The predicted molar refractivity (Wildman–Crippen MR) is 64.4 cm³/mol. The summed E-state index contributed by atoms with van der Waals surface area (Å²) in [4.78, 5) is 14.3. The van der Waals surface area contributed by atoms with Crippen molar-refractivity contribution in [3.63, 3.8) is 0 Å². The Morgan fingerprint density at radius 2 is 2.24 bits per heavy atom. The first-order chi connectivity index (χ1) is 8.05. The first-order valence-electron chi connectivity index (χ1n) is 5.18. The lowest BCUT2D eigenvalue weighted by molar-refractivity contribution is 0.396. The molecule has 0 atom stereocenters. The van der Waals surface area contributed by atoms with Crippen molar-refractivity contribution in [1.82, 2.24) is 0 Å². The number of aliphatic imine (C=N–C) groups is 1. The van der Waals surface area contributed by atoms with Gasteiger partial charge in [0.2, 0.25) is 6.08 Å². The van der Waals surface area contributed by atoms with Crippen LogP contribution in [0.1, 0.15) is 24.0 Å². The Morgan fingerprint density at radius 1 is 1.59 bits per heavy atom. The molecule has 0 bridgehead atoms. The average Bonchev–Trinajstić information content (AvgIpc) is 3.07. The van der Waals surface area contributed by atoms with Crippen molar-refractivity contribution in [3.05, 3.63) is 27.5 Å². The van der Waals surface area contributed by atoms with E-state index in [-0.39, 0.29) is 5.82 Å². The maximum absolute atomic E-state index is 13.7. The second-order valence-corrected chi connectivity index (χ2v) is 4.97. The molecule has 17 heavy (non-hydrogen) atoms. The smallest absolute Gasteiger partial charge is 0.235 e. The first-order valence-corrected chi connectivity index (χ1v) is 5.97. The molecule has 5 heteroatoms. The molecule has 1 aromatic carbocycles. The average molecular weight is 300 g/mol. The van der Waals surface area contributed by atoms with Crippen LogP contribution < -0.4 is 4.74 Å². The molecule has 0 aromatic heterocycles. The fraction of sp³-hybridized carbons (Fsp3) is 0.417. The molecule has 3 nitrogen and oxygen atoms in total. The summed E-state index contributed by atoms with van der Waals surface area (Å²) >= 11 is 3.16. The van der Waals surface area contributed by atoms with Crippen LogP contribution in [0.5, 0.6) is 5.75 Å². The van der Waals surface area contributed by atoms with Crippen molar-refractivity contribution < 1.29 is 13.9 Å². The number of methoxy groups -OCH3 is 1. The predicted octanol–water partition coefficient (Wildman–Crippen LogP) is 3.23. The van der Waals surface area contributed by atoms with E-state index in [4.69, 9.17) is 4.74 Å². The van der Waals surface area contributed by atoms with Crippen molar-refractivity contribution in [2.45, 2.75) is 25.3 Å². The van der Waals surface area contributed by atoms with Crippen LogP contribution in [0.2, 0.25) is 0 Å². The molecule has 1 aliphatic carbocycles. The Bertz CT molecular complexity index is 520. The van der Waals surface area contributed by atoms with Gasteiger partial charge >= 0.3 is 0 Å². The van der Waals surface area contributed by atoms with E-state index in [1.54, 1.807) is 19.1 Å². The molecule has 1 saturated carbocycles. The highest BCUT2D eigenvalue weighted by molar-refractivity contribution is 9.10. The van der Waals surface area contributed by atoms with Gasteiger partial charge in [0.25, 0.3) is 0 Å². The van der Waals surface area contributed by atoms with Gasteiger partial charge in [0.15, 0.2) is 0 Å². The van der Waals surface area contributed by atoms with Crippen molar-refractivity contribution in [3.8, 4) is 5.75 Å². The van der Waals surface area contributed by atoms with Gasteiger partial charge in [0.1, 0.15) is 17.1 Å². The van der Waals surface area contributed by atoms with E-state index in [1.807, 2.05) is 0 Å². The molecule has 0 saturated heterocycles. The van der Waals surface area contributed by atoms with E-state index < -0.39 is 5.54 Å². The molecule has 1 aliphatic rings. The maximum Gasteiger partial charge on any atom is 0.235 e. The highest BCUT2D eigenvalue weighted by Gasteiger charge is 2.47. The molecule has 90 valence electrons. The third-order valence-corrected chi connectivity index (χ3v) is 3.66. The number of halogens is 2. The Hall–Kier alpha value is -1.19. The monoisotopic (exact) mass is 299 g/mol. The van der Waals surface area contributed by atoms with Crippen LogP contribution in [0, 0.1) is 12.7 Å². The summed E-state index contributed by atoms with van der Waals surface area (Å²) in [5.41, 5.74) is 0.604. The lowest BCUT2D eigenvalue weighted by Crippen LogP contribution is -2.08. The fourth-order valence-electron chi connectivity index (χ4n) is 1.99. The fourth-order valence-corrected chi connectivity index (χ4v) is 2.52. The quantitative estimate of drug-likeness (QED) is 0.635. The molecular weight excluding hydrogens is 289 g/mol. The van der Waals surface area contributed by atoms with Gasteiger partial charge in [-0.2, -0.15) is 4.99 Å². The molecule has 0 heterocycles. The van der Waals surface area contributed by atoms with Crippen molar-refractivity contribution >= 4 is 22.0 Å². The third kappa shape index (κ3) is 1.90. The van der Waals surface area contributed by atoms with E-state index in [1.165, 1.54) is 7.11 Å². The zero-order chi connectivity index (χ0) is 12.6. The molecule has 1 aromatic rings. The molecular formula is C12H11BrFNO2. The van der Waals surface area contributed by atoms with Crippen molar-refractivity contribution in [2.75, 3.05) is 7.11 Å². The van der Waals surface area contributed by atoms with Crippen molar-refractivity contribution in [1.29, 1.82) is 0 Å². The molecule has 0 radical (unpaired) electrons. The summed E-state index contributed by atoms with van der Waals surface area (Å²) in [6, 6.07) is 1.63. The van der Waals surface area contributed by atoms with Gasteiger partial charge in [0.05, 0.1) is 11.6 Å². The minimum Gasteiger partial charge on any atom is -0.496 e. The highest BCUT2D eigenvalue weighted by atomic mass is 79.9. The van der Waals surface area contributed by atoms with Gasteiger partial charge in [0, 0.05) is 11.1 Å². The van der Waals surface area contributed by atoms with Crippen molar-refractivity contribution in [2.24, 2.45) is 4.99 Å². The summed E-state index contributed by atoms with van der Waals surface area (Å²) in [6.07, 6.45) is 3.10. The molecule has 0 aliphatic heterocycles. The second kappa shape index (κ2) is 4.24. The van der Waals surface area contributed by atoms with E-state index in [0.717, 1.165) is 18.4 Å².